The number of rotatable bonds is 4. The third-order valence-corrected chi connectivity index (χ3v) is 4.10. The second-order valence-electron chi connectivity index (χ2n) is 5.61. The number of nitrogens with zero attached hydrogens (tertiary/aromatic N) is 5. The summed E-state index contributed by atoms with van der Waals surface area (Å²) >= 11 is 0. The Balaban J connectivity index is 1.94. The molecule has 1 aromatic carbocycles. The minimum Gasteiger partial charge on any atom is -0.495 e. The SMILES string of the molecule is CCOC(=O)c1cnn2c1nnc1c(=O)n(-c3ccccc3OC)ccc12. The van der Waals surface area contributed by atoms with Gasteiger partial charge in [0, 0.05) is 6.20 Å². The number of hydrogen-bond acceptors (Lipinski definition) is 7. The van der Waals surface area contributed by atoms with E-state index in [1.54, 1.807) is 31.3 Å². The normalized spacial score (nSPS) is 11.0. The van der Waals surface area contributed by atoms with Crippen LogP contribution in [0, 0.1) is 0 Å². The van der Waals surface area contributed by atoms with E-state index in [1.807, 2.05) is 12.1 Å². The molecule has 9 nitrogen and oxygen atoms in total. The van der Waals surface area contributed by atoms with Crippen LogP contribution in [0.15, 0.2) is 47.5 Å². The second kappa shape index (κ2) is 6.52. The van der Waals surface area contributed by atoms with E-state index >= 15 is 0 Å². The highest BCUT2D eigenvalue weighted by Gasteiger charge is 2.19. The van der Waals surface area contributed by atoms with Crippen molar-refractivity contribution in [1.82, 2.24) is 24.4 Å². The Hall–Kier alpha value is -3.75. The molecular weight excluding hydrogens is 350 g/mol. The van der Waals surface area contributed by atoms with E-state index < -0.39 is 5.97 Å². The fraction of sp³-hybridized carbons (Fsp3) is 0.167. The van der Waals surface area contributed by atoms with Gasteiger partial charge in [0.1, 0.15) is 16.8 Å². The van der Waals surface area contributed by atoms with Gasteiger partial charge < -0.3 is 9.47 Å². The fourth-order valence-corrected chi connectivity index (χ4v) is 2.86. The smallest absolute Gasteiger partial charge is 0.343 e. The van der Waals surface area contributed by atoms with Gasteiger partial charge in [-0.2, -0.15) is 5.10 Å². The number of carbonyl (C=O) groups is 1. The lowest BCUT2D eigenvalue weighted by atomic mass is 10.2. The van der Waals surface area contributed by atoms with Gasteiger partial charge in [-0.05, 0) is 25.1 Å². The van der Waals surface area contributed by atoms with Crippen molar-refractivity contribution < 1.29 is 14.3 Å². The number of aromatic nitrogens is 5. The Morgan fingerprint density at radius 1 is 1.19 bits per heavy atom. The molecule has 4 rings (SSSR count). The van der Waals surface area contributed by atoms with Gasteiger partial charge in [0.15, 0.2) is 11.2 Å². The lowest BCUT2D eigenvalue weighted by Gasteiger charge is -2.11. The Labute approximate surface area is 152 Å². The zero-order valence-electron chi connectivity index (χ0n) is 14.6. The average Bonchev–Trinajstić information content (AvgIpc) is 3.13. The zero-order chi connectivity index (χ0) is 19.0. The lowest BCUT2D eigenvalue weighted by molar-refractivity contribution is 0.0528. The number of benzene rings is 1. The molecule has 4 aromatic rings. The molecule has 0 spiro atoms. The summed E-state index contributed by atoms with van der Waals surface area (Å²) in [7, 11) is 1.54. The molecule has 0 aliphatic heterocycles. The minimum absolute atomic E-state index is 0.120. The second-order valence-corrected chi connectivity index (χ2v) is 5.61. The standard InChI is InChI=1S/C18H15N5O4/c1-3-27-18(25)11-10-19-23-13-8-9-22(12-6-4-5-7-14(12)26-2)17(24)15(13)20-21-16(11)23/h4-10H,3H2,1-2H3. The molecule has 0 aliphatic rings. The largest absolute Gasteiger partial charge is 0.495 e. The number of fused-ring (bicyclic) bond motifs is 3. The molecule has 0 bridgehead atoms. The van der Waals surface area contributed by atoms with E-state index in [9.17, 15) is 9.59 Å². The predicted octanol–water partition coefficient (Wildman–Crippen LogP) is 1.61. The molecular formula is C18H15N5O4. The maximum Gasteiger partial charge on any atom is 0.343 e. The van der Waals surface area contributed by atoms with Gasteiger partial charge in [-0.15, -0.1) is 10.2 Å². The minimum atomic E-state index is -0.538. The Kier molecular flexibility index (Phi) is 4.03. The molecule has 0 N–H and O–H groups in total. The number of methoxy groups -OCH3 is 1. The van der Waals surface area contributed by atoms with Gasteiger partial charge in [-0.25, -0.2) is 9.31 Å². The van der Waals surface area contributed by atoms with Crippen molar-refractivity contribution in [2.75, 3.05) is 13.7 Å². The van der Waals surface area contributed by atoms with Crippen molar-refractivity contribution in [1.29, 1.82) is 0 Å². The molecule has 136 valence electrons. The topological polar surface area (TPSA) is 101 Å². The fourth-order valence-electron chi connectivity index (χ4n) is 2.86. The van der Waals surface area contributed by atoms with Gasteiger partial charge in [0.05, 0.1) is 25.6 Å². The van der Waals surface area contributed by atoms with Gasteiger partial charge in [-0.3, -0.25) is 9.36 Å². The quantitative estimate of drug-likeness (QED) is 0.507. The predicted molar refractivity (Wildman–Crippen MR) is 96.4 cm³/mol. The monoisotopic (exact) mass is 365 g/mol. The molecule has 0 radical (unpaired) electrons. The summed E-state index contributed by atoms with van der Waals surface area (Å²) < 4.78 is 13.2. The summed E-state index contributed by atoms with van der Waals surface area (Å²) in [5.41, 5.74) is 1.19. The third kappa shape index (κ3) is 2.60. The van der Waals surface area contributed by atoms with Crippen molar-refractivity contribution in [3.8, 4) is 11.4 Å². The van der Waals surface area contributed by atoms with Gasteiger partial charge >= 0.3 is 5.97 Å². The van der Waals surface area contributed by atoms with Gasteiger partial charge in [0.2, 0.25) is 0 Å². The van der Waals surface area contributed by atoms with Crippen LogP contribution in [0.3, 0.4) is 0 Å². The van der Waals surface area contributed by atoms with E-state index in [1.165, 1.54) is 22.4 Å². The van der Waals surface area contributed by atoms with Crippen molar-refractivity contribution in [2.24, 2.45) is 0 Å². The zero-order valence-corrected chi connectivity index (χ0v) is 14.6. The first-order chi connectivity index (χ1) is 13.2. The van der Waals surface area contributed by atoms with E-state index in [2.05, 4.69) is 15.3 Å². The molecule has 3 aromatic heterocycles. The van der Waals surface area contributed by atoms with Crippen LogP contribution in [-0.4, -0.2) is 44.1 Å². The molecule has 0 fully saturated rings. The highest BCUT2D eigenvalue weighted by Crippen LogP contribution is 2.21. The molecule has 27 heavy (non-hydrogen) atoms. The van der Waals surface area contributed by atoms with Crippen LogP contribution < -0.4 is 10.3 Å². The summed E-state index contributed by atoms with van der Waals surface area (Å²) in [5.74, 6) is 0.0141. The number of pyridine rings is 1. The summed E-state index contributed by atoms with van der Waals surface area (Å²) in [5, 5.41) is 12.2. The molecule has 0 atom stereocenters. The van der Waals surface area contributed by atoms with Crippen LogP contribution in [0.5, 0.6) is 5.75 Å². The molecule has 0 saturated carbocycles. The van der Waals surface area contributed by atoms with Crippen LogP contribution in [0.2, 0.25) is 0 Å². The molecule has 0 saturated heterocycles. The van der Waals surface area contributed by atoms with E-state index in [4.69, 9.17) is 9.47 Å². The Morgan fingerprint density at radius 2 is 2.00 bits per heavy atom. The molecule has 0 unspecified atom stereocenters. The summed E-state index contributed by atoms with van der Waals surface area (Å²) in [4.78, 5) is 25.0. The summed E-state index contributed by atoms with van der Waals surface area (Å²) in [6.07, 6.45) is 2.96. The lowest BCUT2D eigenvalue weighted by Crippen LogP contribution is -2.20. The third-order valence-electron chi connectivity index (χ3n) is 4.10. The highest BCUT2D eigenvalue weighted by molar-refractivity contribution is 5.96. The van der Waals surface area contributed by atoms with Crippen LogP contribution in [0.25, 0.3) is 22.4 Å². The maximum absolute atomic E-state index is 13.0. The average molecular weight is 365 g/mol. The van der Waals surface area contributed by atoms with Gasteiger partial charge in [-0.1, -0.05) is 12.1 Å². The molecule has 0 amide bonds. The number of para-hydroxylation sites is 2. The van der Waals surface area contributed by atoms with Crippen LogP contribution >= 0.6 is 0 Å². The van der Waals surface area contributed by atoms with E-state index in [-0.39, 0.29) is 28.9 Å². The summed E-state index contributed by atoms with van der Waals surface area (Å²) in [6, 6.07) is 8.85. The van der Waals surface area contributed by atoms with Gasteiger partial charge in [0.25, 0.3) is 5.56 Å². The Morgan fingerprint density at radius 3 is 2.78 bits per heavy atom. The van der Waals surface area contributed by atoms with Crippen molar-refractivity contribution >= 4 is 22.6 Å². The number of ether oxygens (including phenoxy) is 2. The maximum atomic E-state index is 13.0. The number of esters is 1. The number of hydrogen-bond donors (Lipinski definition) is 0. The molecule has 3 heterocycles. The van der Waals surface area contributed by atoms with Crippen LogP contribution in [-0.2, 0) is 4.74 Å². The first-order valence-corrected chi connectivity index (χ1v) is 8.22. The molecule has 9 heteroatoms. The highest BCUT2D eigenvalue weighted by atomic mass is 16.5. The van der Waals surface area contributed by atoms with Crippen molar-refractivity contribution in [2.45, 2.75) is 6.92 Å². The first kappa shape index (κ1) is 16.7. The van der Waals surface area contributed by atoms with Crippen molar-refractivity contribution in [3.63, 3.8) is 0 Å². The first-order valence-electron chi connectivity index (χ1n) is 8.22. The Bertz CT molecular complexity index is 1230. The van der Waals surface area contributed by atoms with Crippen molar-refractivity contribution in [3.05, 3.63) is 58.6 Å². The molecule has 0 aliphatic carbocycles. The number of carbonyl (C=O) groups excluding carboxylic acids is 1. The van der Waals surface area contributed by atoms with Crippen LogP contribution in [0.4, 0.5) is 0 Å². The van der Waals surface area contributed by atoms with E-state index in [0.717, 1.165) is 0 Å². The van der Waals surface area contributed by atoms with Crippen LogP contribution in [0.1, 0.15) is 17.3 Å². The van der Waals surface area contributed by atoms with E-state index in [0.29, 0.717) is 17.0 Å². The summed E-state index contributed by atoms with van der Waals surface area (Å²) in [6.45, 7) is 1.95.